The Morgan fingerprint density at radius 1 is 1.18 bits per heavy atom. The molecule has 0 atom stereocenters. The minimum absolute atomic E-state index is 0.298. The van der Waals surface area contributed by atoms with Crippen LogP contribution in [0.1, 0.15) is 11.5 Å². The third kappa shape index (κ3) is 3.30. The molecule has 3 aromatic rings. The molecule has 0 amide bonds. The van der Waals surface area contributed by atoms with Crippen LogP contribution in [0.5, 0.6) is 0 Å². The second-order valence-corrected chi connectivity index (χ2v) is 5.16. The molecular weight excluding hydrogens is 319 g/mol. The summed E-state index contributed by atoms with van der Waals surface area (Å²) in [7, 11) is 0. The molecule has 0 unspecified atom stereocenters. The Kier molecular flexibility index (Phi) is 3.88. The van der Waals surface area contributed by atoms with E-state index in [1.807, 2.05) is 0 Å². The number of pyridine rings is 1. The molecule has 0 saturated carbocycles. The molecule has 3 aromatic heterocycles. The van der Waals surface area contributed by atoms with Gasteiger partial charge in [-0.1, -0.05) is 16.9 Å². The molecule has 0 aliphatic carbocycles. The summed E-state index contributed by atoms with van der Waals surface area (Å²) in [6, 6.07) is 5.68. The van der Waals surface area contributed by atoms with Crippen LogP contribution < -0.4 is 0 Å². The predicted molar refractivity (Wildman–Crippen MR) is 70.8 cm³/mol. The SMILES string of the molecule is FC(F)(F)c1ccc(SCc2nc(-c3ccco3)no2)nc1. The van der Waals surface area contributed by atoms with Crippen molar-refractivity contribution in [3.05, 3.63) is 48.2 Å². The van der Waals surface area contributed by atoms with Gasteiger partial charge in [0, 0.05) is 6.20 Å². The minimum Gasteiger partial charge on any atom is -0.461 e. The monoisotopic (exact) mass is 327 g/mol. The lowest BCUT2D eigenvalue weighted by molar-refractivity contribution is -0.137. The zero-order chi connectivity index (χ0) is 15.6. The number of alkyl halides is 3. The first kappa shape index (κ1) is 14.6. The van der Waals surface area contributed by atoms with E-state index in [0.29, 0.717) is 28.3 Å². The van der Waals surface area contributed by atoms with E-state index in [1.165, 1.54) is 24.1 Å². The van der Waals surface area contributed by atoms with E-state index in [4.69, 9.17) is 8.94 Å². The van der Waals surface area contributed by atoms with E-state index in [-0.39, 0.29) is 0 Å². The summed E-state index contributed by atoms with van der Waals surface area (Å²) >= 11 is 1.20. The van der Waals surface area contributed by atoms with Crippen LogP contribution in [0.3, 0.4) is 0 Å². The van der Waals surface area contributed by atoms with Crippen LogP contribution in [0, 0.1) is 0 Å². The maximum absolute atomic E-state index is 12.4. The van der Waals surface area contributed by atoms with Gasteiger partial charge in [-0.3, -0.25) is 0 Å². The molecule has 0 aromatic carbocycles. The lowest BCUT2D eigenvalue weighted by Crippen LogP contribution is -2.05. The second-order valence-electron chi connectivity index (χ2n) is 4.16. The third-order valence-corrected chi connectivity index (χ3v) is 3.55. The van der Waals surface area contributed by atoms with Crippen molar-refractivity contribution in [1.82, 2.24) is 15.1 Å². The van der Waals surface area contributed by atoms with Gasteiger partial charge >= 0.3 is 6.18 Å². The predicted octanol–water partition coefficient (Wildman–Crippen LogP) is 4.04. The van der Waals surface area contributed by atoms with Gasteiger partial charge in [0.15, 0.2) is 5.76 Å². The van der Waals surface area contributed by atoms with Crippen molar-refractivity contribution in [2.24, 2.45) is 0 Å². The molecule has 0 N–H and O–H groups in total. The molecule has 0 fully saturated rings. The molecule has 0 radical (unpaired) electrons. The zero-order valence-electron chi connectivity index (χ0n) is 10.9. The van der Waals surface area contributed by atoms with Crippen molar-refractivity contribution in [3.8, 4) is 11.6 Å². The van der Waals surface area contributed by atoms with Gasteiger partial charge in [-0.2, -0.15) is 18.2 Å². The summed E-state index contributed by atoms with van der Waals surface area (Å²) in [5, 5.41) is 4.19. The van der Waals surface area contributed by atoms with Gasteiger partial charge in [0.05, 0.1) is 22.6 Å². The van der Waals surface area contributed by atoms with Crippen LogP contribution in [0.4, 0.5) is 13.2 Å². The van der Waals surface area contributed by atoms with Crippen molar-refractivity contribution in [2.45, 2.75) is 17.0 Å². The Hall–Kier alpha value is -2.29. The van der Waals surface area contributed by atoms with Gasteiger partial charge in [0.1, 0.15) is 0 Å². The second kappa shape index (κ2) is 5.84. The molecule has 0 aliphatic heterocycles. The summed E-state index contributed by atoms with van der Waals surface area (Å²) in [6.45, 7) is 0. The molecule has 0 saturated heterocycles. The van der Waals surface area contributed by atoms with Crippen molar-refractivity contribution in [1.29, 1.82) is 0 Å². The van der Waals surface area contributed by atoms with Crippen LogP contribution in [0.25, 0.3) is 11.6 Å². The van der Waals surface area contributed by atoms with Gasteiger partial charge in [-0.15, -0.1) is 0 Å². The number of furan rings is 1. The van der Waals surface area contributed by atoms with E-state index in [1.54, 1.807) is 12.1 Å². The highest BCUT2D eigenvalue weighted by Gasteiger charge is 2.30. The first-order valence-electron chi connectivity index (χ1n) is 6.05. The fourth-order valence-electron chi connectivity index (χ4n) is 1.59. The van der Waals surface area contributed by atoms with Gasteiger partial charge < -0.3 is 8.94 Å². The normalized spacial score (nSPS) is 11.8. The molecule has 3 rings (SSSR count). The molecule has 22 heavy (non-hydrogen) atoms. The van der Waals surface area contributed by atoms with Crippen LogP contribution in [-0.2, 0) is 11.9 Å². The van der Waals surface area contributed by atoms with Crippen molar-refractivity contribution in [2.75, 3.05) is 0 Å². The van der Waals surface area contributed by atoms with E-state index >= 15 is 0 Å². The highest BCUT2D eigenvalue weighted by Crippen LogP contribution is 2.30. The Bertz CT molecular complexity index is 739. The maximum Gasteiger partial charge on any atom is 0.417 e. The maximum atomic E-state index is 12.4. The van der Waals surface area contributed by atoms with Gasteiger partial charge in [0.2, 0.25) is 11.7 Å². The van der Waals surface area contributed by atoms with E-state index in [2.05, 4.69) is 15.1 Å². The summed E-state index contributed by atoms with van der Waals surface area (Å²) in [5.41, 5.74) is -0.783. The quantitative estimate of drug-likeness (QED) is 0.674. The molecule has 0 aliphatic rings. The first-order chi connectivity index (χ1) is 10.5. The largest absolute Gasteiger partial charge is 0.461 e. The van der Waals surface area contributed by atoms with Crippen LogP contribution in [-0.4, -0.2) is 15.1 Å². The van der Waals surface area contributed by atoms with Gasteiger partial charge in [-0.05, 0) is 24.3 Å². The number of thioether (sulfide) groups is 1. The molecule has 0 spiro atoms. The number of halogens is 3. The lowest BCUT2D eigenvalue weighted by atomic mass is 10.3. The van der Waals surface area contributed by atoms with Crippen LogP contribution in [0.15, 0.2) is 50.7 Å². The summed E-state index contributed by atoms with van der Waals surface area (Å²) < 4.78 is 47.4. The standard InChI is InChI=1S/C13H8F3N3O2S/c14-13(15,16)8-3-4-11(17-6-8)22-7-10-18-12(19-21-10)9-2-1-5-20-9/h1-6H,7H2. The molecule has 3 heterocycles. The molecule has 114 valence electrons. The Balaban J connectivity index is 1.63. The molecule has 9 heteroatoms. The smallest absolute Gasteiger partial charge is 0.417 e. The lowest BCUT2D eigenvalue weighted by Gasteiger charge is -2.05. The summed E-state index contributed by atoms with van der Waals surface area (Å²) in [4.78, 5) is 7.88. The molecular formula is C13H8F3N3O2S. The summed E-state index contributed by atoms with van der Waals surface area (Å²) in [6.07, 6.45) is -2.10. The highest BCUT2D eigenvalue weighted by molar-refractivity contribution is 7.98. The molecule has 5 nitrogen and oxygen atoms in total. The first-order valence-corrected chi connectivity index (χ1v) is 7.03. The van der Waals surface area contributed by atoms with E-state index in [9.17, 15) is 13.2 Å². The number of aromatic nitrogens is 3. The topological polar surface area (TPSA) is 65.0 Å². The Morgan fingerprint density at radius 3 is 2.68 bits per heavy atom. The highest BCUT2D eigenvalue weighted by atomic mass is 32.2. The van der Waals surface area contributed by atoms with Crippen molar-refractivity contribution < 1.29 is 22.1 Å². The molecule has 0 bridgehead atoms. The Labute approximate surface area is 126 Å². The summed E-state index contributed by atoms with van der Waals surface area (Å²) in [5.74, 6) is 1.43. The minimum atomic E-state index is -4.39. The van der Waals surface area contributed by atoms with E-state index < -0.39 is 11.7 Å². The average molecular weight is 327 g/mol. The van der Waals surface area contributed by atoms with Crippen molar-refractivity contribution in [3.63, 3.8) is 0 Å². The Morgan fingerprint density at radius 2 is 2.05 bits per heavy atom. The van der Waals surface area contributed by atoms with Gasteiger partial charge in [-0.25, -0.2) is 4.98 Å². The van der Waals surface area contributed by atoms with Crippen LogP contribution >= 0.6 is 11.8 Å². The fraction of sp³-hybridized carbons (Fsp3) is 0.154. The average Bonchev–Trinajstić information content (AvgIpc) is 3.15. The van der Waals surface area contributed by atoms with Crippen LogP contribution in [0.2, 0.25) is 0 Å². The number of rotatable bonds is 4. The number of hydrogen-bond donors (Lipinski definition) is 0. The van der Waals surface area contributed by atoms with Crippen molar-refractivity contribution >= 4 is 11.8 Å². The third-order valence-electron chi connectivity index (χ3n) is 2.62. The number of hydrogen-bond acceptors (Lipinski definition) is 6. The van der Waals surface area contributed by atoms with E-state index in [0.717, 1.165) is 12.3 Å². The number of nitrogens with zero attached hydrogens (tertiary/aromatic N) is 3. The fourth-order valence-corrected chi connectivity index (χ4v) is 2.27. The zero-order valence-corrected chi connectivity index (χ0v) is 11.7. The van der Waals surface area contributed by atoms with Gasteiger partial charge in [0.25, 0.3) is 0 Å².